The molecule has 1 aromatic heterocycles. The van der Waals surface area contributed by atoms with E-state index in [1.165, 1.54) is 12.8 Å². The Morgan fingerprint density at radius 2 is 2.11 bits per heavy atom. The maximum absolute atomic E-state index is 12.3. The van der Waals surface area contributed by atoms with Crippen LogP contribution in [0.25, 0.3) is 0 Å². The molecule has 2 atom stereocenters. The molecule has 2 unspecified atom stereocenters. The molecule has 4 heteroatoms. The second-order valence-corrected chi connectivity index (χ2v) is 5.67. The van der Waals surface area contributed by atoms with E-state index in [1.807, 2.05) is 26.0 Å². The Morgan fingerprint density at radius 1 is 1.37 bits per heavy atom. The van der Waals surface area contributed by atoms with Crippen LogP contribution >= 0.6 is 11.6 Å². The summed E-state index contributed by atoms with van der Waals surface area (Å²) in [5, 5.41) is 3.13. The lowest BCUT2D eigenvalue weighted by Gasteiger charge is -2.30. The molecule has 0 aliphatic heterocycles. The molecule has 1 saturated carbocycles. The van der Waals surface area contributed by atoms with E-state index < -0.39 is 0 Å². The number of pyridine rings is 1. The topological polar surface area (TPSA) is 42.0 Å². The molecule has 0 aromatic carbocycles. The maximum atomic E-state index is 12.3. The first-order valence-electron chi connectivity index (χ1n) is 6.93. The molecule has 1 aliphatic carbocycles. The standard InChI is InChI=1S/C15H21ClN2O/c1-10-7-8-13(11(2)17-10)15(19)18-14-6-4-3-5-12(14)9-16/h7-8,12,14H,3-6,9H2,1-2H3,(H,18,19). The number of rotatable bonds is 3. The van der Waals surface area contributed by atoms with Crippen LogP contribution in [0, 0.1) is 19.8 Å². The van der Waals surface area contributed by atoms with Gasteiger partial charge in [-0.05, 0) is 44.7 Å². The van der Waals surface area contributed by atoms with Crippen molar-refractivity contribution in [1.82, 2.24) is 10.3 Å². The molecule has 1 amide bonds. The fourth-order valence-corrected chi connectivity index (χ4v) is 3.12. The van der Waals surface area contributed by atoms with Gasteiger partial charge >= 0.3 is 0 Å². The number of carbonyl (C=O) groups excluding carboxylic acids is 1. The average molecular weight is 281 g/mol. The van der Waals surface area contributed by atoms with E-state index in [1.54, 1.807) is 0 Å². The van der Waals surface area contributed by atoms with Crippen molar-refractivity contribution in [2.75, 3.05) is 5.88 Å². The Bertz CT molecular complexity index is 461. The third-order valence-electron chi connectivity index (χ3n) is 3.89. The van der Waals surface area contributed by atoms with Gasteiger partial charge in [-0.15, -0.1) is 11.6 Å². The first kappa shape index (κ1) is 14.3. The molecule has 1 N–H and O–H groups in total. The molecule has 3 nitrogen and oxygen atoms in total. The van der Waals surface area contributed by atoms with Crippen molar-refractivity contribution < 1.29 is 4.79 Å². The minimum absolute atomic E-state index is 0.0213. The van der Waals surface area contributed by atoms with Crippen LogP contribution in [0.2, 0.25) is 0 Å². The van der Waals surface area contributed by atoms with E-state index in [0.717, 1.165) is 24.2 Å². The number of halogens is 1. The smallest absolute Gasteiger partial charge is 0.253 e. The molecule has 1 heterocycles. The van der Waals surface area contributed by atoms with Crippen LogP contribution in [0.3, 0.4) is 0 Å². The molecule has 0 bridgehead atoms. The SMILES string of the molecule is Cc1ccc(C(=O)NC2CCCCC2CCl)c(C)n1. The van der Waals surface area contributed by atoms with Gasteiger partial charge in [0.05, 0.1) is 11.3 Å². The monoisotopic (exact) mass is 280 g/mol. The quantitative estimate of drug-likeness (QED) is 0.864. The third kappa shape index (κ3) is 3.47. The highest BCUT2D eigenvalue weighted by Gasteiger charge is 2.26. The predicted molar refractivity (Wildman–Crippen MR) is 77.6 cm³/mol. The Labute approximate surface area is 119 Å². The van der Waals surface area contributed by atoms with Crippen LogP contribution in [-0.2, 0) is 0 Å². The zero-order valence-electron chi connectivity index (χ0n) is 11.6. The fourth-order valence-electron chi connectivity index (χ4n) is 2.76. The first-order chi connectivity index (χ1) is 9.11. The number of aryl methyl sites for hydroxylation is 2. The number of nitrogens with one attached hydrogen (secondary N) is 1. The molecule has 0 spiro atoms. The van der Waals surface area contributed by atoms with Crippen molar-refractivity contribution in [3.8, 4) is 0 Å². The summed E-state index contributed by atoms with van der Waals surface area (Å²) < 4.78 is 0. The summed E-state index contributed by atoms with van der Waals surface area (Å²) in [4.78, 5) is 16.7. The largest absolute Gasteiger partial charge is 0.349 e. The number of amides is 1. The molecule has 2 rings (SSSR count). The highest BCUT2D eigenvalue weighted by molar-refractivity contribution is 6.18. The highest BCUT2D eigenvalue weighted by atomic mass is 35.5. The summed E-state index contributed by atoms with van der Waals surface area (Å²) in [5.74, 6) is 1.00. The van der Waals surface area contributed by atoms with E-state index in [2.05, 4.69) is 10.3 Å². The fraction of sp³-hybridized carbons (Fsp3) is 0.600. The van der Waals surface area contributed by atoms with E-state index in [4.69, 9.17) is 11.6 Å². The van der Waals surface area contributed by atoms with E-state index >= 15 is 0 Å². The highest BCUT2D eigenvalue weighted by Crippen LogP contribution is 2.25. The molecule has 19 heavy (non-hydrogen) atoms. The summed E-state index contributed by atoms with van der Waals surface area (Å²) in [7, 11) is 0. The number of hydrogen-bond donors (Lipinski definition) is 1. The number of alkyl halides is 1. The number of nitrogens with zero attached hydrogens (tertiary/aromatic N) is 1. The van der Waals surface area contributed by atoms with Gasteiger partial charge < -0.3 is 5.32 Å². The Hall–Kier alpha value is -1.09. The molecule has 1 fully saturated rings. The summed E-state index contributed by atoms with van der Waals surface area (Å²) in [6.07, 6.45) is 4.53. The van der Waals surface area contributed by atoms with E-state index in [-0.39, 0.29) is 11.9 Å². The lowest BCUT2D eigenvalue weighted by atomic mass is 9.85. The Morgan fingerprint density at radius 3 is 2.79 bits per heavy atom. The molecule has 0 radical (unpaired) electrons. The van der Waals surface area contributed by atoms with Crippen LogP contribution in [0.5, 0.6) is 0 Å². The van der Waals surface area contributed by atoms with Crippen LogP contribution in [0.4, 0.5) is 0 Å². The van der Waals surface area contributed by atoms with Crippen molar-refractivity contribution in [3.05, 3.63) is 29.1 Å². The minimum atomic E-state index is -0.0213. The van der Waals surface area contributed by atoms with Crippen molar-refractivity contribution >= 4 is 17.5 Å². The summed E-state index contributed by atoms with van der Waals surface area (Å²) in [6.45, 7) is 3.81. The van der Waals surface area contributed by atoms with Crippen molar-refractivity contribution in [2.45, 2.75) is 45.6 Å². The van der Waals surface area contributed by atoms with E-state index in [9.17, 15) is 4.79 Å². The number of carbonyl (C=O) groups is 1. The Balaban J connectivity index is 2.07. The van der Waals surface area contributed by atoms with Gasteiger partial charge in [0.1, 0.15) is 0 Å². The van der Waals surface area contributed by atoms with Gasteiger partial charge in [0.25, 0.3) is 5.91 Å². The van der Waals surface area contributed by atoms with Crippen LogP contribution < -0.4 is 5.32 Å². The minimum Gasteiger partial charge on any atom is -0.349 e. The second-order valence-electron chi connectivity index (χ2n) is 5.36. The zero-order chi connectivity index (χ0) is 13.8. The van der Waals surface area contributed by atoms with Gasteiger partial charge in [-0.1, -0.05) is 12.8 Å². The molecular formula is C15H21ClN2O. The first-order valence-corrected chi connectivity index (χ1v) is 7.46. The lowest BCUT2D eigenvalue weighted by molar-refractivity contribution is 0.0910. The summed E-state index contributed by atoms with van der Waals surface area (Å²) >= 11 is 5.99. The van der Waals surface area contributed by atoms with Crippen molar-refractivity contribution in [3.63, 3.8) is 0 Å². The van der Waals surface area contributed by atoms with Gasteiger partial charge in [0, 0.05) is 17.6 Å². The maximum Gasteiger partial charge on any atom is 0.253 e. The molecule has 104 valence electrons. The van der Waals surface area contributed by atoms with E-state index in [0.29, 0.717) is 17.4 Å². The van der Waals surface area contributed by atoms with Crippen molar-refractivity contribution in [2.24, 2.45) is 5.92 Å². The zero-order valence-corrected chi connectivity index (χ0v) is 12.3. The normalized spacial score (nSPS) is 23.1. The van der Waals surface area contributed by atoms with Gasteiger partial charge in [-0.2, -0.15) is 0 Å². The Kier molecular flexibility index (Phi) is 4.81. The third-order valence-corrected chi connectivity index (χ3v) is 4.29. The molecule has 1 aliphatic rings. The average Bonchev–Trinajstić information content (AvgIpc) is 2.39. The predicted octanol–water partition coefficient (Wildman–Crippen LogP) is 3.23. The van der Waals surface area contributed by atoms with Gasteiger partial charge in [-0.25, -0.2) is 0 Å². The van der Waals surface area contributed by atoms with Crippen LogP contribution in [0.1, 0.15) is 47.4 Å². The molecule has 1 aromatic rings. The second kappa shape index (κ2) is 6.38. The van der Waals surface area contributed by atoms with Gasteiger partial charge in [0.2, 0.25) is 0 Å². The number of aromatic nitrogens is 1. The molecule has 0 saturated heterocycles. The van der Waals surface area contributed by atoms with Crippen LogP contribution in [-0.4, -0.2) is 22.8 Å². The van der Waals surface area contributed by atoms with Crippen molar-refractivity contribution in [1.29, 1.82) is 0 Å². The summed E-state index contributed by atoms with van der Waals surface area (Å²) in [6, 6.07) is 3.94. The lowest BCUT2D eigenvalue weighted by Crippen LogP contribution is -2.43. The van der Waals surface area contributed by atoms with Gasteiger partial charge in [-0.3, -0.25) is 9.78 Å². The molecular weight excluding hydrogens is 260 g/mol. The van der Waals surface area contributed by atoms with Crippen LogP contribution in [0.15, 0.2) is 12.1 Å². The van der Waals surface area contributed by atoms with Gasteiger partial charge in [0.15, 0.2) is 0 Å². The summed E-state index contributed by atoms with van der Waals surface area (Å²) in [5.41, 5.74) is 2.39. The number of hydrogen-bond acceptors (Lipinski definition) is 2.